The van der Waals surface area contributed by atoms with Gasteiger partial charge in [0.25, 0.3) is 0 Å². The normalized spacial score (nSPS) is 9.44. The topological polar surface area (TPSA) is 7.76 Å². The Bertz CT molecular complexity index is 538. The number of terminal acetylenes is 2. The summed E-state index contributed by atoms with van der Waals surface area (Å²) in [5, 5.41) is 0. The molecule has 0 aliphatic carbocycles. The molecule has 0 aromatic carbocycles. The Balaban J connectivity index is 2.21. The molecule has 0 radical (unpaired) electrons. The highest BCUT2D eigenvalue weighted by Crippen LogP contribution is 2.15. The summed E-state index contributed by atoms with van der Waals surface area (Å²) >= 11 is 0. The van der Waals surface area contributed by atoms with Crippen molar-refractivity contribution in [2.45, 2.75) is 13.1 Å². The smallest absolute Gasteiger partial charge is 0.194 e. The molecule has 2 heterocycles. The third-order valence-corrected chi connectivity index (χ3v) is 2.66. The van der Waals surface area contributed by atoms with Crippen LogP contribution in [-0.4, -0.2) is 0 Å². The predicted molar refractivity (Wildman–Crippen MR) is 69.9 cm³/mol. The fourth-order valence-corrected chi connectivity index (χ4v) is 1.72. The van der Waals surface area contributed by atoms with Crippen molar-refractivity contribution in [3.63, 3.8) is 0 Å². The quantitative estimate of drug-likeness (QED) is 0.557. The minimum Gasteiger partial charge on any atom is -0.194 e. The summed E-state index contributed by atoms with van der Waals surface area (Å²) in [6.45, 7) is 1.19. The van der Waals surface area contributed by atoms with Crippen LogP contribution in [0.15, 0.2) is 49.1 Å². The average Bonchev–Trinajstić information content (AvgIpc) is 2.41. The molecule has 0 bridgehead atoms. The minimum absolute atomic E-state index is 0.594. The van der Waals surface area contributed by atoms with Crippen LogP contribution in [0, 0.1) is 24.7 Å². The molecule has 0 aliphatic heterocycles. The van der Waals surface area contributed by atoms with Crippen molar-refractivity contribution in [1.29, 1.82) is 0 Å². The van der Waals surface area contributed by atoms with E-state index in [-0.39, 0.29) is 0 Å². The van der Waals surface area contributed by atoms with Crippen molar-refractivity contribution in [2.75, 3.05) is 0 Å². The fraction of sp³-hybridized carbons (Fsp3) is 0.125. The summed E-state index contributed by atoms with van der Waals surface area (Å²) in [6.07, 6.45) is 18.5. The van der Waals surface area contributed by atoms with E-state index in [1.54, 1.807) is 0 Å². The van der Waals surface area contributed by atoms with Crippen LogP contribution in [0.1, 0.15) is 0 Å². The van der Waals surface area contributed by atoms with Crippen molar-refractivity contribution >= 4 is 0 Å². The van der Waals surface area contributed by atoms with E-state index in [0.29, 0.717) is 13.1 Å². The van der Waals surface area contributed by atoms with Gasteiger partial charge in [0.15, 0.2) is 24.8 Å². The van der Waals surface area contributed by atoms with E-state index >= 15 is 0 Å². The van der Waals surface area contributed by atoms with Gasteiger partial charge in [0.2, 0.25) is 13.1 Å². The Kier molecular flexibility index (Phi) is 3.74. The van der Waals surface area contributed by atoms with Gasteiger partial charge in [0, 0.05) is 24.3 Å². The molecule has 0 fully saturated rings. The number of hydrogen-bond acceptors (Lipinski definition) is 0. The van der Waals surface area contributed by atoms with E-state index in [1.807, 2.05) is 33.9 Å². The predicted octanol–water partition coefficient (Wildman–Crippen LogP) is 1.19. The lowest BCUT2D eigenvalue weighted by atomic mass is 10.1. The lowest BCUT2D eigenvalue weighted by Crippen LogP contribution is -2.32. The molecular formula is C16H14N2+2. The van der Waals surface area contributed by atoms with Gasteiger partial charge in [0.05, 0.1) is 0 Å². The van der Waals surface area contributed by atoms with Crippen molar-refractivity contribution in [2.24, 2.45) is 0 Å². The largest absolute Gasteiger partial charge is 0.208 e. The molecule has 18 heavy (non-hydrogen) atoms. The first-order valence-corrected chi connectivity index (χ1v) is 5.69. The molecule has 2 heteroatoms. The van der Waals surface area contributed by atoms with Crippen molar-refractivity contribution < 1.29 is 9.13 Å². The van der Waals surface area contributed by atoms with Gasteiger partial charge in [-0.2, -0.15) is 9.13 Å². The summed E-state index contributed by atoms with van der Waals surface area (Å²) in [5.41, 5.74) is 2.33. The average molecular weight is 234 g/mol. The maximum absolute atomic E-state index is 5.27. The molecule has 0 aliphatic rings. The first-order chi connectivity index (χ1) is 8.83. The molecule has 86 valence electrons. The molecule has 2 aromatic rings. The van der Waals surface area contributed by atoms with E-state index < -0.39 is 0 Å². The van der Waals surface area contributed by atoms with Crippen LogP contribution in [0.3, 0.4) is 0 Å². The first kappa shape index (κ1) is 11.9. The molecule has 2 rings (SSSR count). The van der Waals surface area contributed by atoms with Crippen molar-refractivity contribution in [3.8, 4) is 35.8 Å². The Morgan fingerprint density at radius 2 is 1.06 bits per heavy atom. The fourth-order valence-electron chi connectivity index (χ4n) is 1.72. The summed E-state index contributed by atoms with van der Waals surface area (Å²) < 4.78 is 3.93. The van der Waals surface area contributed by atoms with E-state index in [1.165, 1.54) is 0 Å². The maximum Gasteiger partial charge on any atom is 0.208 e. The van der Waals surface area contributed by atoms with Crippen LogP contribution in [0.2, 0.25) is 0 Å². The molecular weight excluding hydrogens is 220 g/mol. The third kappa shape index (κ3) is 2.75. The van der Waals surface area contributed by atoms with Crippen LogP contribution >= 0.6 is 0 Å². The lowest BCUT2D eigenvalue weighted by Gasteiger charge is -1.99. The summed E-state index contributed by atoms with van der Waals surface area (Å²) in [6, 6.07) is 8.22. The van der Waals surface area contributed by atoms with Gasteiger partial charge in [-0.05, 0) is 23.0 Å². The molecule has 0 atom stereocenters. The zero-order valence-electron chi connectivity index (χ0n) is 10.1. The van der Waals surface area contributed by atoms with E-state index in [2.05, 4.69) is 36.1 Å². The molecule has 0 saturated carbocycles. The Labute approximate surface area is 108 Å². The highest BCUT2D eigenvalue weighted by atomic mass is 14.9. The second-order valence-corrected chi connectivity index (χ2v) is 3.93. The Morgan fingerprint density at radius 3 is 1.33 bits per heavy atom. The van der Waals surface area contributed by atoms with Crippen LogP contribution < -0.4 is 9.13 Å². The van der Waals surface area contributed by atoms with Gasteiger partial charge in [-0.15, -0.1) is 12.8 Å². The van der Waals surface area contributed by atoms with Crippen molar-refractivity contribution in [1.82, 2.24) is 0 Å². The first-order valence-electron chi connectivity index (χ1n) is 5.69. The molecule has 2 aromatic heterocycles. The molecule has 0 saturated heterocycles. The summed E-state index contributed by atoms with van der Waals surface area (Å²) in [4.78, 5) is 0. The maximum atomic E-state index is 5.27. The van der Waals surface area contributed by atoms with Crippen LogP contribution in [-0.2, 0) is 13.1 Å². The SMILES string of the molecule is C#CC[n+]1ccc(-c2cc[n+](CC#C)cc2)cc1. The highest BCUT2D eigenvalue weighted by Gasteiger charge is 2.03. The number of aromatic nitrogens is 2. The van der Waals surface area contributed by atoms with Crippen LogP contribution in [0.4, 0.5) is 0 Å². The van der Waals surface area contributed by atoms with Gasteiger partial charge in [0.1, 0.15) is 0 Å². The third-order valence-electron chi connectivity index (χ3n) is 2.66. The second-order valence-electron chi connectivity index (χ2n) is 3.93. The van der Waals surface area contributed by atoms with Crippen molar-refractivity contribution in [3.05, 3.63) is 49.1 Å². The van der Waals surface area contributed by atoms with E-state index in [4.69, 9.17) is 12.8 Å². The minimum atomic E-state index is 0.594. The Hall–Kier alpha value is -2.58. The Morgan fingerprint density at radius 1 is 0.722 bits per heavy atom. The number of hydrogen-bond donors (Lipinski definition) is 0. The van der Waals surface area contributed by atoms with E-state index in [0.717, 1.165) is 11.1 Å². The molecule has 0 N–H and O–H groups in total. The molecule has 2 nitrogen and oxygen atoms in total. The standard InChI is InChI=1S/C16H14N2/c1-3-9-17-11-5-15(6-12-17)16-7-13-18(10-4-2)14-8-16/h1-2,5-8,11-14H,9-10H2/q+2. The number of nitrogens with zero attached hydrogens (tertiary/aromatic N) is 2. The molecule has 0 amide bonds. The van der Waals surface area contributed by atoms with Crippen LogP contribution in [0.25, 0.3) is 11.1 Å². The monoisotopic (exact) mass is 234 g/mol. The zero-order chi connectivity index (χ0) is 12.8. The van der Waals surface area contributed by atoms with Gasteiger partial charge >= 0.3 is 0 Å². The number of pyridine rings is 2. The van der Waals surface area contributed by atoms with Gasteiger partial charge in [-0.25, -0.2) is 0 Å². The highest BCUT2D eigenvalue weighted by molar-refractivity contribution is 5.60. The van der Waals surface area contributed by atoms with Crippen LogP contribution in [0.5, 0.6) is 0 Å². The molecule has 0 unspecified atom stereocenters. The lowest BCUT2D eigenvalue weighted by molar-refractivity contribution is -0.685. The van der Waals surface area contributed by atoms with Gasteiger partial charge in [-0.3, -0.25) is 0 Å². The summed E-state index contributed by atoms with van der Waals surface area (Å²) in [5.74, 6) is 5.21. The number of rotatable bonds is 3. The van der Waals surface area contributed by atoms with E-state index in [9.17, 15) is 0 Å². The summed E-state index contributed by atoms with van der Waals surface area (Å²) in [7, 11) is 0. The second kappa shape index (κ2) is 5.66. The van der Waals surface area contributed by atoms with Gasteiger partial charge in [-0.1, -0.05) is 0 Å². The zero-order valence-corrected chi connectivity index (χ0v) is 10.1. The van der Waals surface area contributed by atoms with Gasteiger partial charge < -0.3 is 0 Å². The molecule has 0 spiro atoms.